The number of allylic oxidation sites excluding steroid dienone is 4. The standard InChI is InChI=1S/C48H85N3O15P2/c1-3-5-7-9-11-13-15-17-19-21-23-25-27-29-31-33-43(52)61-37-40(64-44(53)34-32-30-28-26-24-22-20-18-16-14-12-10-8-6-4-2)38-62-67(57,58)66-68(59,60)63-39-41-45(54)46(55)47(65-41)51-36-35-42(49)50-48(51)56/h14,16-17,19,35-36,40-41,45-47,54-55H,3-13,15,18,20-34,37-39H2,1-2H3,(H,57,58)(H,59,60)(H2,49,50,56)/b16-14-,19-17-/t40-,41-,45+,46?,47-/m1/s1. The van der Waals surface area contributed by atoms with Crippen LogP contribution in [0.3, 0.4) is 0 Å². The third-order valence-electron chi connectivity index (χ3n) is 11.5. The van der Waals surface area contributed by atoms with E-state index in [4.69, 9.17) is 29.0 Å². The summed E-state index contributed by atoms with van der Waals surface area (Å²) in [4.78, 5) is 61.9. The SMILES string of the molecule is CCCCCC/C=C\CCCCCCCCCC(=O)O[C@H](COC(=O)CCCCCCC/C=C\CCCCCCCC)COP(=O)(O)OP(=O)(O)OC[C@H]1O[C@@H](n2ccc(N)nc2=O)C(O)[C@H]1O. The average molecular weight is 1010 g/mol. The summed E-state index contributed by atoms with van der Waals surface area (Å²) in [6, 6.07) is 1.25. The molecule has 20 heteroatoms. The number of phosphoric ester groups is 2. The molecular weight excluding hydrogens is 920 g/mol. The van der Waals surface area contributed by atoms with Crippen LogP contribution in [0.15, 0.2) is 41.4 Å². The Balaban J connectivity index is 1.81. The van der Waals surface area contributed by atoms with Gasteiger partial charge in [-0.2, -0.15) is 9.29 Å². The van der Waals surface area contributed by atoms with Crippen LogP contribution in [0.25, 0.3) is 0 Å². The van der Waals surface area contributed by atoms with Gasteiger partial charge in [0.2, 0.25) is 0 Å². The van der Waals surface area contributed by atoms with Gasteiger partial charge in [0.15, 0.2) is 12.3 Å². The fourth-order valence-electron chi connectivity index (χ4n) is 7.54. The third kappa shape index (κ3) is 29.4. The molecule has 0 bridgehead atoms. The molecule has 68 heavy (non-hydrogen) atoms. The molecule has 1 aromatic rings. The molecule has 1 aliphatic heterocycles. The van der Waals surface area contributed by atoms with E-state index in [1.54, 1.807) is 0 Å². The third-order valence-corrected chi connectivity index (χ3v) is 14.1. The van der Waals surface area contributed by atoms with Crippen molar-refractivity contribution in [3.63, 3.8) is 0 Å². The lowest BCUT2D eigenvalue weighted by Gasteiger charge is -2.21. The zero-order valence-electron chi connectivity index (χ0n) is 40.9. The molecule has 2 rings (SSSR count). The maximum Gasteiger partial charge on any atom is 0.481 e. The first kappa shape index (κ1) is 61.4. The van der Waals surface area contributed by atoms with Crippen LogP contribution in [0.1, 0.15) is 200 Å². The monoisotopic (exact) mass is 1010 g/mol. The number of rotatable bonds is 42. The highest BCUT2D eigenvalue weighted by Crippen LogP contribution is 2.60. The minimum Gasteiger partial charge on any atom is -0.462 e. The molecule has 1 aromatic heterocycles. The molecule has 0 aromatic carbocycles. The summed E-state index contributed by atoms with van der Waals surface area (Å²) in [5, 5.41) is 20.9. The van der Waals surface area contributed by atoms with E-state index in [-0.39, 0.29) is 18.7 Å². The minimum atomic E-state index is -5.42. The summed E-state index contributed by atoms with van der Waals surface area (Å²) < 4.78 is 56.8. The number of esters is 2. The molecule has 7 atom stereocenters. The lowest BCUT2D eigenvalue weighted by molar-refractivity contribution is -0.161. The summed E-state index contributed by atoms with van der Waals surface area (Å²) in [5.41, 5.74) is 4.59. The number of ether oxygens (including phenoxy) is 3. The molecule has 0 spiro atoms. The van der Waals surface area contributed by atoms with Crippen LogP contribution in [0.5, 0.6) is 0 Å². The summed E-state index contributed by atoms with van der Waals surface area (Å²) >= 11 is 0. The van der Waals surface area contributed by atoms with Crippen molar-refractivity contribution in [3.8, 4) is 0 Å². The number of hydrogen-bond donors (Lipinski definition) is 5. The predicted octanol–water partition coefficient (Wildman–Crippen LogP) is 10.2. The van der Waals surface area contributed by atoms with E-state index in [1.165, 1.54) is 76.5 Å². The number of aliphatic hydroxyl groups is 2. The lowest BCUT2D eigenvalue weighted by Crippen LogP contribution is -2.36. The van der Waals surface area contributed by atoms with Crippen molar-refractivity contribution >= 4 is 33.4 Å². The number of carbonyl (C=O) groups excluding carboxylic acids is 2. The van der Waals surface area contributed by atoms with Gasteiger partial charge in [0.1, 0.15) is 30.7 Å². The topological polar surface area (TPSA) is 265 Å². The lowest BCUT2D eigenvalue weighted by atomic mass is 10.1. The molecule has 392 valence electrons. The van der Waals surface area contributed by atoms with Crippen LogP contribution in [0.2, 0.25) is 0 Å². The van der Waals surface area contributed by atoms with Crippen molar-refractivity contribution in [2.24, 2.45) is 0 Å². The fraction of sp³-hybridized carbons (Fsp3) is 0.792. The number of aliphatic hydroxyl groups excluding tert-OH is 2. The van der Waals surface area contributed by atoms with Gasteiger partial charge in [-0.1, -0.05) is 141 Å². The molecule has 0 aliphatic carbocycles. The van der Waals surface area contributed by atoms with E-state index in [0.717, 1.165) is 94.5 Å². The van der Waals surface area contributed by atoms with E-state index in [2.05, 4.69) is 47.4 Å². The van der Waals surface area contributed by atoms with Gasteiger partial charge in [0.05, 0.1) is 13.2 Å². The Hall–Kier alpha value is -2.76. The summed E-state index contributed by atoms with van der Waals surface area (Å²) in [6.45, 7) is 2.14. The van der Waals surface area contributed by atoms with Crippen LogP contribution < -0.4 is 11.4 Å². The van der Waals surface area contributed by atoms with E-state index in [9.17, 15) is 43.5 Å². The molecule has 18 nitrogen and oxygen atoms in total. The van der Waals surface area contributed by atoms with Crippen LogP contribution in [0.4, 0.5) is 5.82 Å². The van der Waals surface area contributed by atoms with Gasteiger partial charge in [-0.3, -0.25) is 23.2 Å². The first-order valence-corrected chi connectivity index (χ1v) is 28.3. The van der Waals surface area contributed by atoms with Gasteiger partial charge in [0, 0.05) is 19.0 Å². The maximum absolute atomic E-state index is 12.8. The van der Waals surface area contributed by atoms with Gasteiger partial charge in [-0.15, -0.1) is 0 Å². The van der Waals surface area contributed by atoms with Gasteiger partial charge in [0.25, 0.3) is 0 Å². The summed E-state index contributed by atoms with van der Waals surface area (Å²) in [6.07, 6.45) is 31.1. The molecule has 0 amide bonds. The number of phosphoric acid groups is 2. The zero-order chi connectivity index (χ0) is 49.9. The second-order valence-corrected chi connectivity index (χ2v) is 20.7. The number of nitrogens with two attached hydrogens (primary N) is 1. The van der Waals surface area contributed by atoms with Crippen LogP contribution in [0, 0.1) is 0 Å². The smallest absolute Gasteiger partial charge is 0.462 e. The number of aromatic nitrogens is 2. The quantitative estimate of drug-likeness (QED) is 0.0176. The number of nitrogens with zero attached hydrogens (tertiary/aromatic N) is 2. The van der Waals surface area contributed by atoms with Crippen molar-refractivity contribution in [2.45, 2.75) is 224 Å². The molecule has 3 unspecified atom stereocenters. The first-order chi connectivity index (χ1) is 32.7. The van der Waals surface area contributed by atoms with E-state index < -0.39 is 83.7 Å². The zero-order valence-corrected chi connectivity index (χ0v) is 42.7. The van der Waals surface area contributed by atoms with Gasteiger partial charge in [-0.05, 0) is 70.3 Å². The van der Waals surface area contributed by atoms with Crippen LogP contribution in [-0.4, -0.2) is 85.7 Å². The maximum atomic E-state index is 12.8. The Labute approximate surface area is 405 Å². The minimum absolute atomic E-state index is 0.0451. The van der Waals surface area contributed by atoms with Crippen molar-refractivity contribution in [2.75, 3.05) is 25.6 Å². The largest absolute Gasteiger partial charge is 0.481 e. The first-order valence-electron chi connectivity index (χ1n) is 25.3. The second-order valence-electron chi connectivity index (χ2n) is 17.7. The molecule has 0 saturated carbocycles. The van der Waals surface area contributed by atoms with E-state index >= 15 is 0 Å². The van der Waals surface area contributed by atoms with Gasteiger partial charge < -0.3 is 39.9 Å². The molecule has 1 fully saturated rings. The molecule has 6 N–H and O–H groups in total. The fourth-order valence-corrected chi connectivity index (χ4v) is 9.65. The summed E-state index contributed by atoms with van der Waals surface area (Å²) in [5.74, 6) is -1.30. The Kier molecular flexibility index (Phi) is 33.5. The van der Waals surface area contributed by atoms with Crippen LogP contribution in [-0.2, 0) is 46.3 Å². The molecule has 2 heterocycles. The number of unbranched alkanes of at least 4 members (excludes halogenated alkanes) is 22. The Morgan fingerprint density at radius 3 is 1.66 bits per heavy atom. The normalized spacial score (nSPS) is 19.6. The Bertz CT molecular complexity index is 1730. The van der Waals surface area contributed by atoms with E-state index in [1.807, 2.05) is 0 Å². The highest BCUT2D eigenvalue weighted by Gasteiger charge is 2.46. The van der Waals surface area contributed by atoms with Crippen molar-refractivity contribution in [3.05, 3.63) is 47.1 Å². The van der Waals surface area contributed by atoms with Crippen molar-refractivity contribution in [1.29, 1.82) is 0 Å². The molecular formula is C48H85N3O15P2. The van der Waals surface area contributed by atoms with Crippen molar-refractivity contribution in [1.82, 2.24) is 9.55 Å². The Morgan fingerprint density at radius 1 is 0.691 bits per heavy atom. The molecule has 1 aliphatic rings. The second kappa shape index (κ2) is 37.1. The van der Waals surface area contributed by atoms with Crippen molar-refractivity contribution < 1.29 is 66.3 Å². The highest BCUT2D eigenvalue weighted by molar-refractivity contribution is 7.61. The van der Waals surface area contributed by atoms with Gasteiger partial charge >= 0.3 is 33.3 Å². The summed E-state index contributed by atoms with van der Waals surface area (Å²) in [7, 11) is -10.8. The predicted molar refractivity (Wildman–Crippen MR) is 261 cm³/mol. The number of anilines is 1. The van der Waals surface area contributed by atoms with Crippen LogP contribution >= 0.6 is 15.6 Å². The van der Waals surface area contributed by atoms with Gasteiger partial charge in [-0.25, -0.2) is 13.9 Å². The number of nitrogen functional groups attached to an aromatic ring is 1. The Morgan fingerprint density at radius 2 is 1.15 bits per heavy atom. The molecule has 1 saturated heterocycles. The number of hydrogen-bond acceptors (Lipinski definition) is 15. The van der Waals surface area contributed by atoms with E-state index in [0.29, 0.717) is 12.8 Å². The highest BCUT2D eigenvalue weighted by atomic mass is 31.3. The average Bonchev–Trinajstić information content (AvgIpc) is 3.57. The molecule has 0 radical (unpaired) electrons. The number of carbonyl (C=O) groups is 2.